The summed E-state index contributed by atoms with van der Waals surface area (Å²) in [6, 6.07) is 2.27. The molecule has 0 aromatic heterocycles. The number of hydrogen-bond donors (Lipinski definition) is 0. The Morgan fingerprint density at radius 2 is 2.00 bits per heavy atom. The Bertz CT molecular complexity index is 540. The number of benzene rings is 1. The quantitative estimate of drug-likeness (QED) is 0.469. The molecule has 0 atom stereocenters. The third kappa shape index (κ3) is 3.16. The van der Waals surface area contributed by atoms with Gasteiger partial charge in [-0.1, -0.05) is 11.6 Å². The summed E-state index contributed by atoms with van der Waals surface area (Å²) in [5.74, 6) is -0.781. The summed E-state index contributed by atoms with van der Waals surface area (Å²) in [4.78, 5) is 9.81. The molecule has 0 N–H and O–H groups in total. The van der Waals surface area contributed by atoms with Crippen LogP contribution in [0.3, 0.4) is 0 Å². The SMILES string of the molecule is Cc1cc(Cl)c([N+](=O)[O-])cc1CS(=O)(=O)[O-]. The lowest BCUT2D eigenvalue weighted by molar-refractivity contribution is -0.384. The largest absolute Gasteiger partial charge is 0.748 e. The van der Waals surface area contributed by atoms with Crippen molar-refractivity contribution in [2.75, 3.05) is 0 Å². The average molecular weight is 265 g/mol. The number of nitrogens with zero attached hydrogens (tertiary/aromatic N) is 1. The van der Waals surface area contributed by atoms with Gasteiger partial charge in [0.2, 0.25) is 0 Å². The lowest BCUT2D eigenvalue weighted by Crippen LogP contribution is -2.04. The van der Waals surface area contributed by atoms with Gasteiger partial charge in [0.05, 0.1) is 20.8 Å². The summed E-state index contributed by atoms with van der Waals surface area (Å²) in [5.41, 5.74) is 0.104. The van der Waals surface area contributed by atoms with E-state index in [4.69, 9.17) is 11.6 Å². The van der Waals surface area contributed by atoms with E-state index in [2.05, 4.69) is 0 Å². The van der Waals surface area contributed by atoms with Gasteiger partial charge in [0, 0.05) is 6.07 Å². The van der Waals surface area contributed by atoms with Crippen molar-refractivity contribution in [1.82, 2.24) is 0 Å². The summed E-state index contributed by atoms with van der Waals surface area (Å²) in [6.07, 6.45) is 0. The van der Waals surface area contributed by atoms with Crippen LogP contribution in [0, 0.1) is 17.0 Å². The fourth-order valence-electron chi connectivity index (χ4n) is 1.19. The molecule has 0 saturated carbocycles. The molecule has 0 aliphatic rings. The van der Waals surface area contributed by atoms with Crippen LogP contribution in [0.25, 0.3) is 0 Å². The van der Waals surface area contributed by atoms with Gasteiger partial charge in [0.15, 0.2) is 0 Å². The second-order valence-corrected chi connectivity index (χ2v) is 5.00. The standard InChI is InChI=1S/C8H8ClNO5S/c1-5-2-7(9)8(10(11)12)3-6(5)4-16(13,14)15/h2-3H,4H2,1H3,(H,13,14,15)/p-1. The third-order valence-electron chi connectivity index (χ3n) is 1.93. The second kappa shape index (κ2) is 4.36. The molecule has 1 aromatic rings. The molecule has 1 rings (SSSR count). The van der Waals surface area contributed by atoms with Crippen LogP contribution in [0.5, 0.6) is 0 Å². The Morgan fingerprint density at radius 1 is 1.44 bits per heavy atom. The van der Waals surface area contributed by atoms with Crippen molar-refractivity contribution >= 4 is 27.4 Å². The molecule has 0 aliphatic carbocycles. The Morgan fingerprint density at radius 3 is 2.44 bits per heavy atom. The van der Waals surface area contributed by atoms with Crippen LogP contribution in [0.1, 0.15) is 11.1 Å². The predicted molar refractivity (Wildman–Crippen MR) is 56.2 cm³/mol. The molecule has 1 aromatic carbocycles. The number of hydrogen-bond acceptors (Lipinski definition) is 5. The van der Waals surface area contributed by atoms with Gasteiger partial charge >= 0.3 is 0 Å². The summed E-state index contributed by atoms with van der Waals surface area (Å²) < 4.78 is 31.7. The van der Waals surface area contributed by atoms with Crippen molar-refractivity contribution in [3.63, 3.8) is 0 Å². The van der Waals surface area contributed by atoms with Crippen molar-refractivity contribution in [2.24, 2.45) is 0 Å². The van der Waals surface area contributed by atoms with Crippen molar-refractivity contribution < 1.29 is 17.9 Å². The first-order chi connectivity index (χ1) is 7.20. The van der Waals surface area contributed by atoms with Crippen molar-refractivity contribution in [3.8, 4) is 0 Å². The zero-order valence-corrected chi connectivity index (χ0v) is 9.71. The first kappa shape index (κ1) is 12.9. The highest BCUT2D eigenvalue weighted by Gasteiger charge is 2.16. The number of halogens is 1. The van der Waals surface area contributed by atoms with E-state index >= 15 is 0 Å². The van der Waals surface area contributed by atoms with Gasteiger partial charge in [-0.25, -0.2) is 8.42 Å². The minimum atomic E-state index is -4.47. The van der Waals surface area contributed by atoms with Crippen LogP contribution in [-0.2, 0) is 15.9 Å². The van der Waals surface area contributed by atoms with Crippen LogP contribution in [-0.4, -0.2) is 17.9 Å². The van der Waals surface area contributed by atoms with Gasteiger partial charge in [-0.3, -0.25) is 10.1 Å². The number of nitro benzene ring substituents is 1. The molecule has 88 valence electrons. The van der Waals surface area contributed by atoms with Gasteiger partial charge in [-0.05, 0) is 24.1 Å². The number of aryl methyl sites for hydroxylation is 1. The molecule has 0 saturated heterocycles. The summed E-state index contributed by atoms with van der Waals surface area (Å²) in [7, 11) is -4.47. The van der Waals surface area contributed by atoms with E-state index in [1.165, 1.54) is 13.0 Å². The van der Waals surface area contributed by atoms with Crippen LogP contribution >= 0.6 is 11.6 Å². The molecular formula is C8H7ClNO5S-. The molecule has 0 fully saturated rings. The average Bonchev–Trinajstić information content (AvgIpc) is 2.07. The first-order valence-electron chi connectivity index (χ1n) is 4.07. The molecule has 16 heavy (non-hydrogen) atoms. The Balaban J connectivity index is 3.31. The van der Waals surface area contributed by atoms with Gasteiger partial charge < -0.3 is 4.55 Å². The fraction of sp³-hybridized carbons (Fsp3) is 0.250. The van der Waals surface area contributed by atoms with E-state index in [1.807, 2.05) is 0 Å². The van der Waals surface area contributed by atoms with Gasteiger partial charge in [0.1, 0.15) is 5.02 Å². The molecule has 0 amide bonds. The van der Waals surface area contributed by atoms with Crippen LogP contribution in [0.15, 0.2) is 12.1 Å². The van der Waals surface area contributed by atoms with E-state index in [1.54, 1.807) is 0 Å². The summed E-state index contributed by atoms with van der Waals surface area (Å²) in [6.45, 7) is 1.52. The molecule has 8 heteroatoms. The van der Waals surface area contributed by atoms with Crippen LogP contribution in [0.2, 0.25) is 5.02 Å². The molecule has 0 unspecified atom stereocenters. The highest BCUT2D eigenvalue weighted by Crippen LogP contribution is 2.28. The summed E-state index contributed by atoms with van der Waals surface area (Å²) in [5, 5.41) is 10.5. The van der Waals surface area contributed by atoms with Crippen LogP contribution in [0.4, 0.5) is 5.69 Å². The Hall–Kier alpha value is -1.18. The maximum Gasteiger partial charge on any atom is 0.288 e. The minimum absolute atomic E-state index is 0.0884. The molecule has 0 heterocycles. The zero-order chi connectivity index (χ0) is 12.5. The minimum Gasteiger partial charge on any atom is -0.748 e. The van der Waals surface area contributed by atoms with E-state index in [0.717, 1.165) is 6.07 Å². The van der Waals surface area contributed by atoms with Crippen molar-refractivity contribution in [1.29, 1.82) is 0 Å². The topological polar surface area (TPSA) is 100 Å². The zero-order valence-electron chi connectivity index (χ0n) is 8.14. The van der Waals surface area contributed by atoms with Crippen molar-refractivity contribution in [3.05, 3.63) is 38.4 Å². The maximum atomic E-state index is 10.6. The maximum absolute atomic E-state index is 10.6. The van der Waals surface area contributed by atoms with E-state index in [0.29, 0.717) is 5.56 Å². The molecule has 0 spiro atoms. The molecular weight excluding hydrogens is 258 g/mol. The molecule has 6 nitrogen and oxygen atoms in total. The monoisotopic (exact) mass is 264 g/mol. The summed E-state index contributed by atoms with van der Waals surface area (Å²) >= 11 is 5.60. The molecule has 0 aliphatic heterocycles. The smallest absolute Gasteiger partial charge is 0.288 e. The van der Waals surface area contributed by atoms with E-state index < -0.39 is 26.5 Å². The Kier molecular flexibility index (Phi) is 3.51. The fourth-order valence-corrected chi connectivity index (χ4v) is 2.17. The molecule has 0 radical (unpaired) electrons. The number of rotatable bonds is 3. The second-order valence-electron chi connectivity index (χ2n) is 3.19. The van der Waals surface area contributed by atoms with Gasteiger partial charge in [-0.2, -0.15) is 0 Å². The van der Waals surface area contributed by atoms with Gasteiger partial charge in [-0.15, -0.1) is 0 Å². The van der Waals surface area contributed by atoms with E-state index in [-0.39, 0.29) is 10.6 Å². The van der Waals surface area contributed by atoms with Crippen LogP contribution < -0.4 is 0 Å². The Labute approximate surface area is 96.7 Å². The third-order valence-corrected chi connectivity index (χ3v) is 2.90. The normalized spacial score (nSPS) is 11.4. The first-order valence-corrected chi connectivity index (χ1v) is 6.03. The number of nitro groups is 1. The lowest BCUT2D eigenvalue weighted by Gasteiger charge is -2.09. The highest BCUT2D eigenvalue weighted by molar-refractivity contribution is 7.84. The van der Waals surface area contributed by atoms with Crippen molar-refractivity contribution in [2.45, 2.75) is 12.7 Å². The van der Waals surface area contributed by atoms with E-state index in [9.17, 15) is 23.1 Å². The highest BCUT2D eigenvalue weighted by atomic mass is 35.5. The lowest BCUT2D eigenvalue weighted by atomic mass is 10.1. The molecule has 0 bridgehead atoms. The van der Waals surface area contributed by atoms with Gasteiger partial charge in [0.25, 0.3) is 5.69 Å². The predicted octanol–water partition coefficient (Wildman–Crippen LogP) is 1.60.